The van der Waals surface area contributed by atoms with Crippen LogP contribution in [0.3, 0.4) is 0 Å². The van der Waals surface area contributed by atoms with Crippen molar-refractivity contribution in [1.82, 2.24) is 0 Å². The Kier molecular flexibility index (Phi) is 5.64. The molecule has 1 N–H and O–H groups in total. The first-order chi connectivity index (χ1) is 13.5. The maximum atomic E-state index is 12.3. The molecule has 0 saturated carbocycles. The highest BCUT2D eigenvalue weighted by atomic mass is 16.5. The number of aromatic carboxylic acids is 1. The number of hydrogen-bond acceptors (Lipinski definition) is 6. The lowest BCUT2D eigenvalue weighted by molar-refractivity contribution is -0.254. The molecule has 0 saturated heterocycles. The van der Waals surface area contributed by atoms with E-state index in [4.69, 9.17) is 14.2 Å². The Morgan fingerprint density at radius 1 is 0.929 bits per heavy atom. The molecule has 3 aromatic carbocycles. The first-order valence-corrected chi connectivity index (χ1v) is 8.41. The van der Waals surface area contributed by atoms with E-state index < -0.39 is 11.9 Å². The fourth-order valence-electron chi connectivity index (χ4n) is 2.80. The highest BCUT2D eigenvalue weighted by Gasteiger charge is 2.15. The van der Waals surface area contributed by atoms with Crippen molar-refractivity contribution >= 4 is 28.3 Å². The van der Waals surface area contributed by atoms with Gasteiger partial charge in [-0.3, -0.25) is 4.79 Å². The van der Waals surface area contributed by atoms with Crippen LogP contribution in [0.5, 0.6) is 17.2 Å². The van der Waals surface area contributed by atoms with Gasteiger partial charge in [-0.1, -0.05) is 36.4 Å². The van der Waals surface area contributed by atoms with Crippen LogP contribution in [0.2, 0.25) is 0 Å². The Hall–Kier alpha value is -3.74. The van der Waals surface area contributed by atoms with E-state index in [0.29, 0.717) is 5.75 Å². The Bertz CT molecular complexity index is 1030. The van der Waals surface area contributed by atoms with Gasteiger partial charge in [0.1, 0.15) is 5.75 Å². The van der Waals surface area contributed by atoms with Crippen LogP contribution in [0.25, 0.3) is 10.8 Å². The highest BCUT2D eigenvalue weighted by molar-refractivity contribution is 6.01. The Labute approximate surface area is 161 Å². The number of carbonyl (C=O) groups is 2. The zero-order valence-corrected chi connectivity index (χ0v) is 15.4. The first kappa shape index (κ1) is 19.0. The van der Waals surface area contributed by atoms with Gasteiger partial charge < -0.3 is 29.4 Å². The van der Waals surface area contributed by atoms with E-state index in [1.165, 1.54) is 26.4 Å². The van der Waals surface area contributed by atoms with Crippen LogP contribution in [0.1, 0.15) is 10.4 Å². The van der Waals surface area contributed by atoms with Crippen LogP contribution in [-0.4, -0.2) is 32.7 Å². The summed E-state index contributed by atoms with van der Waals surface area (Å²) in [4.78, 5) is 23.7. The van der Waals surface area contributed by atoms with Gasteiger partial charge >= 0.3 is 0 Å². The van der Waals surface area contributed by atoms with E-state index >= 15 is 0 Å². The number of anilines is 1. The number of hydrogen-bond donors (Lipinski definition) is 1. The largest absolute Gasteiger partial charge is 0.545 e. The number of benzene rings is 3. The van der Waals surface area contributed by atoms with Crippen molar-refractivity contribution in [3.05, 3.63) is 60.2 Å². The van der Waals surface area contributed by atoms with Gasteiger partial charge in [0.25, 0.3) is 5.91 Å². The summed E-state index contributed by atoms with van der Waals surface area (Å²) in [7, 11) is 2.79. The highest BCUT2D eigenvalue weighted by Crippen LogP contribution is 2.33. The summed E-state index contributed by atoms with van der Waals surface area (Å²) < 4.78 is 15.9. The molecule has 0 spiro atoms. The van der Waals surface area contributed by atoms with Crippen LogP contribution in [0.15, 0.2) is 54.6 Å². The van der Waals surface area contributed by atoms with Crippen molar-refractivity contribution in [3.8, 4) is 17.2 Å². The predicted octanol–water partition coefficient (Wildman–Crippen LogP) is 2.24. The van der Waals surface area contributed by atoms with E-state index in [1.807, 2.05) is 36.4 Å². The molecule has 0 atom stereocenters. The lowest BCUT2D eigenvalue weighted by atomic mass is 10.1. The molecule has 3 aromatic rings. The van der Waals surface area contributed by atoms with Gasteiger partial charge in [-0.25, -0.2) is 0 Å². The molecule has 7 nitrogen and oxygen atoms in total. The second-order valence-corrected chi connectivity index (χ2v) is 5.85. The average molecular weight is 380 g/mol. The van der Waals surface area contributed by atoms with Crippen LogP contribution in [0, 0.1) is 0 Å². The van der Waals surface area contributed by atoms with Crippen LogP contribution < -0.4 is 24.6 Å². The van der Waals surface area contributed by atoms with Gasteiger partial charge in [0, 0.05) is 17.0 Å². The van der Waals surface area contributed by atoms with E-state index in [0.717, 1.165) is 10.8 Å². The first-order valence-electron chi connectivity index (χ1n) is 8.41. The minimum atomic E-state index is -1.45. The standard InChI is InChI=1S/C21H19NO6/c1-26-18-10-15(21(24)25)16(11-19(18)27-2)22-20(23)12-28-17-9-5-7-13-6-3-4-8-14(13)17/h3-11H,12H2,1-2H3,(H,22,23)(H,24,25)/p-1. The molecule has 0 radical (unpaired) electrons. The van der Waals surface area contributed by atoms with Crippen molar-refractivity contribution in [2.75, 3.05) is 26.1 Å². The van der Waals surface area contributed by atoms with Crippen LogP contribution in [-0.2, 0) is 4.79 Å². The molecule has 0 fully saturated rings. The van der Waals surface area contributed by atoms with Gasteiger partial charge in [0.2, 0.25) is 0 Å². The van der Waals surface area contributed by atoms with Crippen LogP contribution >= 0.6 is 0 Å². The SMILES string of the molecule is COc1cc(NC(=O)COc2cccc3ccccc23)c(C(=O)[O-])cc1OC. The van der Waals surface area contributed by atoms with Crippen molar-refractivity contribution in [2.45, 2.75) is 0 Å². The molecular formula is C21H18NO6-. The summed E-state index contributed by atoms with van der Waals surface area (Å²) in [6, 6.07) is 15.8. The smallest absolute Gasteiger partial charge is 0.262 e. The molecule has 0 heterocycles. The summed E-state index contributed by atoms with van der Waals surface area (Å²) >= 11 is 0. The predicted molar refractivity (Wildman–Crippen MR) is 102 cm³/mol. The summed E-state index contributed by atoms with van der Waals surface area (Å²) in [6.45, 7) is -0.297. The number of methoxy groups -OCH3 is 2. The maximum absolute atomic E-state index is 12.3. The third-order valence-electron chi connectivity index (χ3n) is 4.13. The summed E-state index contributed by atoms with van der Waals surface area (Å²) in [5.41, 5.74) is -0.194. The minimum absolute atomic E-state index is 0.0316. The number of rotatable bonds is 7. The normalized spacial score (nSPS) is 10.4. The van der Waals surface area contributed by atoms with Crippen LogP contribution in [0.4, 0.5) is 5.69 Å². The lowest BCUT2D eigenvalue weighted by Crippen LogP contribution is -2.26. The van der Waals surface area contributed by atoms with E-state index in [-0.39, 0.29) is 29.4 Å². The molecule has 7 heteroatoms. The number of carboxylic acids is 1. The molecule has 0 aliphatic carbocycles. The lowest BCUT2D eigenvalue weighted by Gasteiger charge is -2.16. The average Bonchev–Trinajstić information content (AvgIpc) is 2.71. The Morgan fingerprint density at radius 2 is 1.61 bits per heavy atom. The second-order valence-electron chi connectivity index (χ2n) is 5.85. The number of fused-ring (bicyclic) bond motifs is 1. The van der Waals surface area contributed by atoms with Crippen molar-refractivity contribution in [2.24, 2.45) is 0 Å². The molecule has 0 unspecified atom stereocenters. The van der Waals surface area contributed by atoms with Gasteiger partial charge in [0.05, 0.1) is 25.9 Å². The van der Waals surface area contributed by atoms with Gasteiger partial charge in [-0.2, -0.15) is 0 Å². The Morgan fingerprint density at radius 3 is 2.32 bits per heavy atom. The fourth-order valence-corrected chi connectivity index (χ4v) is 2.80. The number of amides is 1. The van der Waals surface area contributed by atoms with Crippen molar-refractivity contribution in [1.29, 1.82) is 0 Å². The molecule has 0 bridgehead atoms. The van der Waals surface area contributed by atoms with Gasteiger partial charge in [0.15, 0.2) is 18.1 Å². The van der Waals surface area contributed by atoms with E-state index in [2.05, 4.69) is 5.32 Å². The fraction of sp³-hybridized carbons (Fsp3) is 0.143. The molecule has 0 aromatic heterocycles. The molecule has 0 aliphatic rings. The molecule has 144 valence electrons. The molecule has 28 heavy (non-hydrogen) atoms. The molecule has 1 amide bonds. The number of nitrogens with one attached hydrogen (secondary N) is 1. The van der Waals surface area contributed by atoms with Crippen molar-refractivity contribution in [3.63, 3.8) is 0 Å². The van der Waals surface area contributed by atoms with Gasteiger partial charge in [-0.15, -0.1) is 0 Å². The second kappa shape index (κ2) is 8.30. The number of ether oxygens (including phenoxy) is 3. The zero-order chi connectivity index (χ0) is 20.1. The topological polar surface area (TPSA) is 96.9 Å². The summed E-state index contributed by atoms with van der Waals surface area (Å²) in [5, 5.41) is 15.8. The van der Waals surface area contributed by atoms with E-state index in [9.17, 15) is 14.7 Å². The molecule has 0 aliphatic heterocycles. The third-order valence-corrected chi connectivity index (χ3v) is 4.13. The Balaban J connectivity index is 1.78. The number of carboxylic acid groups (broad SMARTS) is 1. The third kappa shape index (κ3) is 3.98. The van der Waals surface area contributed by atoms with Gasteiger partial charge in [-0.05, 0) is 17.5 Å². The quantitative estimate of drug-likeness (QED) is 0.675. The summed E-state index contributed by atoms with van der Waals surface area (Å²) in [6.07, 6.45) is 0. The molecular weight excluding hydrogens is 362 g/mol. The summed E-state index contributed by atoms with van der Waals surface area (Å²) in [5.74, 6) is -0.931. The van der Waals surface area contributed by atoms with Crippen molar-refractivity contribution < 1.29 is 28.9 Å². The zero-order valence-electron chi connectivity index (χ0n) is 15.4. The maximum Gasteiger partial charge on any atom is 0.262 e. The minimum Gasteiger partial charge on any atom is -0.545 e. The van der Waals surface area contributed by atoms with E-state index in [1.54, 1.807) is 6.07 Å². The monoisotopic (exact) mass is 380 g/mol. The molecule has 3 rings (SSSR count). The number of carbonyl (C=O) groups excluding carboxylic acids is 2.